The van der Waals surface area contributed by atoms with E-state index >= 15 is 0 Å². The Hall–Kier alpha value is -3.09. The van der Waals surface area contributed by atoms with Gasteiger partial charge in [0.25, 0.3) is 5.91 Å². The van der Waals surface area contributed by atoms with Gasteiger partial charge in [-0.3, -0.25) is 14.4 Å². The Morgan fingerprint density at radius 2 is 1.69 bits per heavy atom. The van der Waals surface area contributed by atoms with Gasteiger partial charge in [-0.05, 0) is 55.0 Å². The Labute approximate surface area is 172 Å². The zero-order chi connectivity index (χ0) is 20.1. The molecule has 29 heavy (non-hydrogen) atoms. The Kier molecular flexibility index (Phi) is 4.19. The molecule has 1 aromatic heterocycles. The lowest BCUT2D eigenvalue weighted by Gasteiger charge is -2.28. The highest BCUT2D eigenvalue weighted by molar-refractivity contribution is 6.31. The van der Waals surface area contributed by atoms with E-state index in [0.717, 1.165) is 11.3 Å². The van der Waals surface area contributed by atoms with Crippen molar-refractivity contribution in [2.75, 3.05) is 9.96 Å². The monoisotopic (exact) mass is 408 g/mol. The molecular weight excluding hydrogens is 392 g/mol. The van der Waals surface area contributed by atoms with Gasteiger partial charge in [-0.25, -0.2) is 9.96 Å². The maximum Gasteiger partial charge on any atom is 0.266 e. The number of rotatable bonds is 3. The van der Waals surface area contributed by atoms with Crippen molar-refractivity contribution in [2.45, 2.75) is 19.1 Å². The van der Waals surface area contributed by atoms with E-state index < -0.39 is 24.0 Å². The van der Waals surface area contributed by atoms with E-state index in [4.69, 9.17) is 20.9 Å². The van der Waals surface area contributed by atoms with Crippen molar-refractivity contribution < 1.29 is 18.8 Å². The lowest BCUT2D eigenvalue weighted by molar-refractivity contribution is -0.126. The molecule has 2 aliphatic rings. The average Bonchev–Trinajstić information content (AvgIpc) is 3.41. The normalized spacial score (nSPS) is 23.7. The Balaban J connectivity index is 1.58. The number of imide groups is 1. The fourth-order valence-corrected chi connectivity index (χ4v) is 4.15. The van der Waals surface area contributed by atoms with Crippen LogP contribution in [0.5, 0.6) is 0 Å². The number of fused-ring (bicyclic) bond motifs is 1. The first-order valence-corrected chi connectivity index (χ1v) is 9.62. The van der Waals surface area contributed by atoms with E-state index in [2.05, 4.69) is 0 Å². The van der Waals surface area contributed by atoms with Crippen molar-refractivity contribution in [3.05, 3.63) is 83.3 Å². The summed E-state index contributed by atoms with van der Waals surface area (Å²) in [5.74, 6) is -0.862. The third-order valence-corrected chi connectivity index (χ3v) is 5.64. The van der Waals surface area contributed by atoms with Gasteiger partial charge in [-0.15, -0.1) is 0 Å². The molecule has 2 saturated heterocycles. The van der Waals surface area contributed by atoms with Crippen LogP contribution in [0.2, 0.25) is 5.02 Å². The zero-order valence-corrected chi connectivity index (χ0v) is 16.2. The Morgan fingerprint density at radius 1 is 0.931 bits per heavy atom. The SMILES string of the molecule is Cc1ccccc1N1O[C@@H]2C(=O)N(c3ccc(Cl)cc3)C(=O)[C@@H]2[C@H]1c1ccco1. The molecule has 0 unspecified atom stereocenters. The van der Waals surface area contributed by atoms with Crippen LogP contribution in [-0.4, -0.2) is 17.9 Å². The first-order chi connectivity index (χ1) is 14.1. The number of furan rings is 1. The van der Waals surface area contributed by atoms with Crippen LogP contribution >= 0.6 is 11.6 Å². The summed E-state index contributed by atoms with van der Waals surface area (Å²) in [5, 5.41) is 2.17. The molecule has 0 aliphatic carbocycles. The molecule has 3 atom stereocenters. The summed E-state index contributed by atoms with van der Waals surface area (Å²) >= 11 is 5.95. The number of carbonyl (C=O) groups is 2. The molecule has 7 heteroatoms. The van der Waals surface area contributed by atoms with E-state index in [-0.39, 0.29) is 5.91 Å². The number of amides is 2. The van der Waals surface area contributed by atoms with Crippen LogP contribution in [0, 0.1) is 12.8 Å². The van der Waals surface area contributed by atoms with Gasteiger partial charge >= 0.3 is 0 Å². The minimum atomic E-state index is -0.923. The molecule has 146 valence electrons. The summed E-state index contributed by atoms with van der Waals surface area (Å²) in [6.45, 7) is 1.95. The van der Waals surface area contributed by atoms with E-state index in [0.29, 0.717) is 16.5 Å². The molecular formula is C22H17ClN2O4. The van der Waals surface area contributed by atoms with Crippen LogP contribution in [-0.2, 0) is 14.4 Å². The van der Waals surface area contributed by atoms with Crippen LogP contribution in [0.15, 0.2) is 71.3 Å². The van der Waals surface area contributed by atoms with Crippen molar-refractivity contribution in [2.24, 2.45) is 5.92 Å². The molecule has 0 saturated carbocycles. The number of hydrogen-bond donors (Lipinski definition) is 0. The number of aryl methyl sites for hydroxylation is 1. The van der Waals surface area contributed by atoms with E-state index in [1.807, 2.05) is 31.2 Å². The predicted octanol–water partition coefficient (Wildman–Crippen LogP) is 4.29. The second kappa shape index (κ2) is 6.76. The van der Waals surface area contributed by atoms with Gasteiger partial charge in [-0.2, -0.15) is 0 Å². The smallest absolute Gasteiger partial charge is 0.266 e. The van der Waals surface area contributed by atoms with Crippen LogP contribution < -0.4 is 9.96 Å². The van der Waals surface area contributed by atoms with Gasteiger partial charge in [-0.1, -0.05) is 29.8 Å². The fourth-order valence-electron chi connectivity index (χ4n) is 4.03. The summed E-state index contributed by atoms with van der Waals surface area (Å²) in [5.41, 5.74) is 2.24. The fraction of sp³-hybridized carbons (Fsp3) is 0.182. The third kappa shape index (κ3) is 2.75. The number of carbonyl (C=O) groups excluding carboxylic acids is 2. The number of nitrogens with zero attached hydrogens (tertiary/aromatic N) is 2. The highest BCUT2D eigenvalue weighted by atomic mass is 35.5. The number of halogens is 1. The summed E-state index contributed by atoms with van der Waals surface area (Å²) in [7, 11) is 0. The number of para-hydroxylation sites is 1. The Bertz CT molecular complexity index is 1080. The van der Waals surface area contributed by atoms with Crippen LogP contribution in [0.3, 0.4) is 0 Å². The molecule has 0 spiro atoms. The van der Waals surface area contributed by atoms with Crippen LogP contribution in [0.1, 0.15) is 17.4 Å². The topological polar surface area (TPSA) is 63.0 Å². The molecule has 2 aliphatic heterocycles. The van der Waals surface area contributed by atoms with Gasteiger partial charge < -0.3 is 4.42 Å². The standard InChI is InChI=1S/C22H17ClN2O4/c1-13-5-2-3-6-16(13)25-19(17-7-4-12-28-17)18-20(29-25)22(27)24(21(18)26)15-10-8-14(23)9-11-15/h2-12,18-20H,1H3/t18-,19-,20+/m1/s1. The maximum absolute atomic E-state index is 13.4. The number of hydroxylamine groups is 1. The highest BCUT2D eigenvalue weighted by Gasteiger charge is 2.61. The minimum absolute atomic E-state index is 0.320. The molecule has 2 aromatic carbocycles. The van der Waals surface area contributed by atoms with Gasteiger partial charge in [0.05, 0.1) is 17.6 Å². The predicted molar refractivity (Wildman–Crippen MR) is 107 cm³/mol. The molecule has 2 amide bonds. The summed E-state index contributed by atoms with van der Waals surface area (Å²) in [6.07, 6.45) is 0.629. The zero-order valence-electron chi connectivity index (χ0n) is 15.5. The summed E-state index contributed by atoms with van der Waals surface area (Å²) < 4.78 is 5.64. The largest absolute Gasteiger partial charge is 0.467 e. The molecule has 0 radical (unpaired) electrons. The molecule has 5 rings (SSSR count). The van der Waals surface area contributed by atoms with Gasteiger partial charge in [0, 0.05) is 5.02 Å². The van der Waals surface area contributed by atoms with Gasteiger partial charge in [0.1, 0.15) is 17.7 Å². The third-order valence-electron chi connectivity index (χ3n) is 5.39. The van der Waals surface area contributed by atoms with Crippen molar-refractivity contribution in [3.8, 4) is 0 Å². The van der Waals surface area contributed by atoms with Crippen molar-refractivity contribution in [3.63, 3.8) is 0 Å². The van der Waals surface area contributed by atoms with Gasteiger partial charge in [0.2, 0.25) is 5.91 Å². The first kappa shape index (κ1) is 18.0. The quantitative estimate of drug-likeness (QED) is 0.605. The summed E-state index contributed by atoms with van der Waals surface area (Å²) in [4.78, 5) is 33.8. The lowest BCUT2D eigenvalue weighted by atomic mass is 9.94. The van der Waals surface area contributed by atoms with Crippen LogP contribution in [0.25, 0.3) is 0 Å². The van der Waals surface area contributed by atoms with E-state index in [1.54, 1.807) is 47.7 Å². The van der Waals surface area contributed by atoms with Gasteiger partial charge in [0.15, 0.2) is 6.10 Å². The average molecular weight is 409 g/mol. The second-order valence-corrected chi connectivity index (χ2v) is 7.55. The molecule has 3 heterocycles. The molecule has 3 aromatic rings. The first-order valence-electron chi connectivity index (χ1n) is 9.24. The Morgan fingerprint density at radius 3 is 2.38 bits per heavy atom. The molecule has 2 fully saturated rings. The molecule has 6 nitrogen and oxygen atoms in total. The minimum Gasteiger partial charge on any atom is -0.467 e. The highest BCUT2D eigenvalue weighted by Crippen LogP contribution is 2.48. The van der Waals surface area contributed by atoms with E-state index in [1.165, 1.54) is 4.90 Å². The van der Waals surface area contributed by atoms with Crippen molar-refractivity contribution >= 4 is 34.8 Å². The van der Waals surface area contributed by atoms with Crippen molar-refractivity contribution in [1.29, 1.82) is 0 Å². The number of hydrogen-bond acceptors (Lipinski definition) is 5. The molecule has 0 bridgehead atoms. The van der Waals surface area contributed by atoms with Crippen molar-refractivity contribution in [1.82, 2.24) is 0 Å². The van der Waals surface area contributed by atoms with E-state index in [9.17, 15) is 9.59 Å². The second-order valence-electron chi connectivity index (χ2n) is 7.11. The molecule has 0 N–H and O–H groups in total. The number of benzene rings is 2. The lowest BCUT2D eigenvalue weighted by Crippen LogP contribution is -2.37. The van der Waals surface area contributed by atoms with Crippen LogP contribution in [0.4, 0.5) is 11.4 Å². The maximum atomic E-state index is 13.4. The summed E-state index contributed by atoms with van der Waals surface area (Å²) in [6, 6.07) is 17.3. The number of anilines is 2.